The lowest BCUT2D eigenvalue weighted by atomic mass is 10.2. The van der Waals surface area contributed by atoms with E-state index in [0.29, 0.717) is 5.03 Å². The van der Waals surface area contributed by atoms with Crippen molar-refractivity contribution in [1.82, 2.24) is 20.8 Å². The van der Waals surface area contributed by atoms with Crippen LogP contribution in [0, 0.1) is 0 Å². The molecule has 0 saturated heterocycles. The van der Waals surface area contributed by atoms with Gasteiger partial charge in [0.2, 0.25) is 5.91 Å². The lowest BCUT2D eigenvalue weighted by Crippen LogP contribution is -2.44. The van der Waals surface area contributed by atoms with Gasteiger partial charge in [0, 0.05) is 16.8 Å². The lowest BCUT2D eigenvalue weighted by Gasteiger charge is -2.12. The SMILES string of the molecule is O=C(CSc1nncc2ccccc12)NC(=O)NC1CCCC1. The summed E-state index contributed by atoms with van der Waals surface area (Å²) in [5, 5.41) is 15.8. The van der Waals surface area contributed by atoms with E-state index >= 15 is 0 Å². The lowest BCUT2D eigenvalue weighted by molar-refractivity contribution is -0.117. The van der Waals surface area contributed by atoms with Crippen molar-refractivity contribution in [2.24, 2.45) is 0 Å². The van der Waals surface area contributed by atoms with Crippen LogP contribution in [0.25, 0.3) is 10.8 Å². The molecule has 7 heteroatoms. The second-order valence-electron chi connectivity index (χ2n) is 5.53. The molecule has 1 fully saturated rings. The van der Waals surface area contributed by atoms with Crippen molar-refractivity contribution in [2.75, 3.05) is 5.75 Å². The maximum Gasteiger partial charge on any atom is 0.321 e. The first-order valence-electron chi connectivity index (χ1n) is 7.66. The third-order valence-corrected chi connectivity index (χ3v) is 4.80. The number of hydrogen-bond donors (Lipinski definition) is 2. The zero-order valence-electron chi connectivity index (χ0n) is 12.6. The highest BCUT2D eigenvalue weighted by Crippen LogP contribution is 2.24. The number of hydrogen-bond acceptors (Lipinski definition) is 5. The van der Waals surface area contributed by atoms with Gasteiger partial charge in [0.1, 0.15) is 5.03 Å². The molecule has 120 valence electrons. The summed E-state index contributed by atoms with van der Waals surface area (Å²) in [5.74, 6) is -0.207. The van der Waals surface area contributed by atoms with Gasteiger partial charge in [-0.2, -0.15) is 5.10 Å². The van der Waals surface area contributed by atoms with Crippen LogP contribution in [0.4, 0.5) is 4.79 Å². The van der Waals surface area contributed by atoms with Gasteiger partial charge in [0.05, 0.1) is 11.9 Å². The number of imide groups is 1. The molecule has 1 aromatic carbocycles. The summed E-state index contributed by atoms with van der Waals surface area (Å²) in [6, 6.07) is 7.52. The van der Waals surface area contributed by atoms with Crippen LogP contribution in [-0.2, 0) is 4.79 Å². The molecule has 3 amide bonds. The summed E-state index contributed by atoms with van der Waals surface area (Å²) < 4.78 is 0. The van der Waals surface area contributed by atoms with Gasteiger partial charge < -0.3 is 5.32 Å². The van der Waals surface area contributed by atoms with E-state index in [1.165, 1.54) is 11.8 Å². The highest BCUT2D eigenvalue weighted by molar-refractivity contribution is 8.00. The maximum atomic E-state index is 11.9. The molecule has 0 aliphatic heterocycles. The zero-order valence-corrected chi connectivity index (χ0v) is 13.4. The van der Waals surface area contributed by atoms with Crippen LogP contribution in [0.2, 0.25) is 0 Å². The number of urea groups is 1. The summed E-state index contributed by atoms with van der Waals surface area (Å²) in [6.07, 6.45) is 5.93. The van der Waals surface area contributed by atoms with Crippen molar-refractivity contribution in [3.05, 3.63) is 30.5 Å². The molecule has 2 aromatic rings. The average Bonchev–Trinajstić information content (AvgIpc) is 3.05. The normalized spacial score (nSPS) is 14.8. The fourth-order valence-corrected chi connectivity index (χ4v) is 3.48. The molecule has 6 nitrogen and oxygen atoms in total. The van der Waals surface area contributed by atoms with Gasteiger partial charge in [-0.1, -0.05) is 48.9 Å². The van der Waals surface area contributed by atoms with Crippen LogP contribution in [0.15, 0.2) is 35.5 Å². The Labute approximate surface area is 138 Å². The van der Waals surface area contributed by atoms with Crippen molar-refractivity contribution in [3.8, 4) is 0 Å². The van der Waals surface area contributed by atoms with Crippen LogP contribution in [0.5, 0.6) is 0 Å². The van der Waals surface area contributed by atoms with Crippen molar-refractivity contribution in [3.63, 3.8) is 0 Å². The van der Waals surface area contributed by atoms with Crippen LogP contribution in [0.3, 0.4) is 0 Å². The standard InChI is InChI=1S/C16H18N4O2S/c21-14(19-16(22)18-12-6-2-3-7-12)10-23-15-13-8-4-1-5-11(13)9-17-20-15/h1,4-5,8-9,12H,2-3,6-7,10H2,(H2,18,19,21,22). The van der Waals surface area contributed by atoms with Crippen molar-refractivity contribution >= 4 is 34.5 Å². The second-order valence-corrected chi connectivity index (χ2v) is 6.49. The smallest absolute Gasteiger partial charge is 0.321 e. The number of fused-ring (bicyclic) bond motifs is 1. The molecule has 0 spiro atoms. The predicted molar refractivity (Wildman–Crippen MR) is 89.2 cm³/mol. The predicted octanol–water partition coefficient (Wildman–Crippen LogP) is 2.49. The summed E-state index contributed by atoms with van der Waals surface area (Å²) in [7, 11) is 0. The minimum atomic E-state index is -0.411. The number of carbonyl (C=O) groups excluding carboxylic acids is 2. The molecule has 2 N–H and O–H groups in total. The third kappa shape index (κ3) is 4.19. The number of nitrogens with one attached hydrogen (secondary N) is 2. The van der Waals surface area contributed by atoms with E-state index in [0.717, 1.165) is 36.5 Å². The maximum absolute atomic E-state index is 11.9. The van der Waals surface area contributed by atoms with Crippen LogP contribution < -0.4 is 10.6 Å². The molecule has 1 aliphatic carbocycles. The Morgan fingerprint density at radius 1 is 1.22 bits per heavy atom. The second kappa shape index (κ2) is 7.41. The Kier molecular flexibility index (Phi) is 5.07. The molecule has 3 rings (SSSR count). The number of aromatic nitrogens is 2. The minimum Gasteiger partial charge on any atom is -0.335 e. The highest BCUT2D eigenvalue weighted by atomic mass is 32.2. The number of carbonyl (C=O) groups is 2. The van der Waals surface area contributed by atoms with Crippen LogP contribution >= 0.6 is 11.8 Å². The summed E-state index contributed by atoms with van der Waals surface area (Å²) in [4.78, 5) is 23.6. The number of benzene rings is 1. The van der Waals surface area contributed by atoms with Crippen molar-refractivity contribution in [2.45, 2.75) is 36.8 Å². The van der Waals surface area contributed by atoms with E-state index in [9.17, 15) is 9.59 Å². The molecule has 1 aliphatic rings. The highest BCUT2D eigenvalue weighted by Gasteiger charge is 2.18. The quantitative estimate of drug-likeness (QED) is 0.842. The first kappa shape index (κ1) is 15.7. The Bertz CT molecular complexity index is 711. The summed E-state index contributed by atoms with van der Waals surface area (Å²) >= 11 is 1.28. The fourth-order valence-electron chi connectivity index (χ4n) is 2.70. The van der Waals surface area contributed by atoms with Crippen LogP contribution in [0.1, 0.15) is 25.7 Å². The molecule has 0 unspecified atom stereocenters. The van der Waals surface area contributed by atoms with Gasteiger partial charge in [-0.25, -0.2) is 4.79 Å². The molecule has 1 saturated carbocycles. The van der Waals surface area contributed by atoms with Gasteiger partial charge >= 0.3 is 6.03 Å². The van der Waals surface area contributed by atoms with E-state index in [2.05, 4.69) is 20.8 Å². The monoisotopic (exact) mass is 330 g/mol. The van der Waals surface area contributed by atoms with Crippen molar-refractivity contribution in [1.29, 1.82) is 0 Å². The number of thioether (sulfide) groups is 1. The molecule has 1 heterocycles. The van der Waals surface area contributed by atoms with Gasteiger partial charge in [0.15, 0.2) is 0 Å². The number of amides is 3. The van der Waals surface area contributed by atoms with Gasteiger partial charge in [-0.05, 0) is 12.8 Å². The van der Waals surface area contributed by atoms with Gasteiger partial charge in [-0.15, -0.1) is 5.10 Å². The van der Waals surface area contributed by atoms with E-state index < -0.39 is 6.03 Å². The zero-order chi connectivity index (χ0) is 16.1. The molecular weight excluding hydrogens is 312 g/mol. The molecule has 0 radical (unpaired) electrons. The topological polar surface area (TPSA) is 84.0 Å². The first-order valence-corrected chi connectivity index (χ1v) is 8.64. The summed E-state index contributed by atoms with van der Waals surface area (Å²) in [6.45, 7) is 0. The molecular formula is C16H18N4O2S. The van der Waals surface area contributed by atoms with Crippen molar-refractivity contribution < 1.29 is 9.59 Å². The third-order valence-electron chi connectivity index (χ3n) is 3.82. The Balaban J connectivity index is 1.52. The number of rotatable bonds is 4. The van der Waals surface area contributed by atoms with E-state index in [1.807, 2.05) is 24.3 Å². The minimum absolute atomic E-state index is 0.126. The van der Waals surface area contributed by atoms with E-state index in [4.69, 9.17) is 0 Å². The van der Waals surface area contributed by atoms with Gasteiger partial charge in [-0.3, -0.25) is 10.1 Å². The first-order chi connectivity index (χ1) is 11.2. The molecule has 1 aromatic heterocycles. The average molecular weight is 330 g/mol. The fraction of sp³-hybridized carbons (Fsp3) is 0.375. The molecule has 0 bridgehead atoms. The van der Waals surface area contributed by atoms with E-state index in [1.54, 1.807) is 6.20 Å². The van der Waals surface area contributed by atoms with Crippen LogP contribution in [-0.4, -0.2) is 33.9 Å². The molecule has 23 heavy (non-hydrogen) atoms. The van der Waals surface area contributed by atoms with E-state index in [-0.39, 0.29) is 17.7 Å². The Morgan fingerprint density at radius 3 is 2.83 bits per heavy atom. The van der Waals surface area contributed by atoms with Gasteiger partial charge in [0.25, 0.3) is 0 Å². The molecule has 0 atom stereocenters. The largest absolute Gasteiger partial charge is 0.335 e. The Morgan fingerprint density at radius 2 is 2.00 bits per heavy atom. The Hall–Kier alpha value is -2.15. The number of nitrogens with zero attached hydrogens (tertiary/aromatic N) is 2. The summed E-state index contributed by atoms with van der Waals surface area (Å²) in [5.41, 5.74) is 0.